The standard InChI is InChI=1S/C12H20N2O/c1-11-2-4-12(10-13,5-3-11)14-6-8-15-9-7-14/h11H,2-9H2,1H3. The summed E-state index contributed by atoms with van der Waals surface area (Å²) in [7, 11) is 0. The second-order valence-corrected chi connectivity index (χ2v) is 4.93. The first-order valence-corrected chi connectivity index (χ1v) is 6.01. The molecule has 3 nitrogen and oxygen atoms in total. The van der Waals surface area contributed by atoms with Gasteiger partial charge in [-0.1, -0.05) is 6.92 Å². The maximum atomic E-state index is 9.45. The van der Waals surface area contributed by atoms with Gasteiger partial charge < -0.3 is 4.74 Å². The van der Waals surface area contributed by atoms with Crippen LogP contribution in [0.2, 0.25) is 0 Å². The van der Waals surface area contributed by atoms with Crippen molar-refractivity contribution in [2.45, 2.75) is 38.1 Å². The van der Waals surface area contributed by atoms with Crippen LogP contribution in [0.25, 0.3) is 0 Å². The molecule has 0 aromatic rings. The average Bonchev–Trinajstić information content (AvgIpc) is 2.32. The monoisotopic (exact) mass is 208 g/mol. The molecule has 0 atom stereocenters. The van der Waals surface area contributed by atoms with Gasteiger partial charge in [-0.15, -0.1) is 0 Å². The molecule has 2 fully saturated rings. The van der Waals surface area contributed by atoms with Gasteiger partial charge in [-0.05, 0) is 31.6 Å². The van der Waals surface area contributed by atoms with Crippen molar-refractivity contribution in [2.24, 2.45) is 5.92 Å². The molecule has 0 unspecified atom stereocenters. The molecule has 1 saturated carbocycles. The largest absolute Gasteiger partial charge is 0.379 e. The van der Waals surface area contributed by atoms with Gasteiger partial charge in [0, 0.05) is 13.1 Å². The molecule has 0 radical (unpaired) electrons. The first-order valence-electron chi connectivity index (χ1n) is 6.01. The van der Waals surface area contributed by atoms with Gasteiger partial charge in [0.1, 0.15) is 5.54 Å². The molecular weight excluding hydrogens is 188 g/mol. The highest BCUT2D eigenvalue weighted by Crippen LogP contribution is 2.36. The molecule has 1 heterocycles. The molecule has 1 aliphatic heterocycles. The maximum absolute atomic E-state index is 9.45. The van der Waals surface area contributed by atoms with E-state index >= 15 is 0 Å². The zero-order valence-electron chi connectivity index (χ0n) is 9.54. The minimum atomic E-state index is -0.170. The van der Waals surface area contributed by atoms with Crippen molar-refractivity contribution in [1.29, 1.82) is 5.26 Å². The van der Waals surface area contributed by atoms with Gasteiger partial charge in [-0.25, -0.2) is 0 Å². The topological polar surface area (TPSA) is 36.3 Å². The Hall–Kier alpha value is -0.590. The molecule has 15 heavy (non-hydrogen) atoms. The Balaban J connectivity index is 2.04. The number of hydrogen-bond donors (Lipinski definition) is 0. The van der Waals surface area contributed by atoms with Crippen LogP contribution in [0.15, 0.2) is 0 Å². The molecule has 0 aromatic heterocycles. The van der Waals surface area contributed by atoms with E-state index in [0.29, 0.717) is 0 Å². The van der Waals surface area contributed by atoms with E-state index in [4.69, 9.17) is 4.74 Å². The normalized spacial score (nSPS) is 38.5. The number of nitriles is 1. The first kappa shape index (κ1) is 10.9. The van der Waals surface area contributed by atoms with Gasteiger partial charge in [0.05, 0.1) is 19.3 Å². The van der Waals surface area contributed by atoms with E-state index in [-0.39, 0.29) is 5.54 Å². The quantitative estimate of drug-likeness (QED) is 0.659. The van der Waals surface area contributed by atoms with E-state index < -0.39 is 0 Å². The molecule has 2 aliphatic rings. The molecule has 2 rings (SSSR count). The van der Waals surface area contributed by atoms with E-state index in [0.717, 1.165) is 45.1 Å². The fourth-order valence-electron chi connectivity index (χ4n) is 2.73. The zero-order valence-corrected chi connectivity index (χ0v) is 9.54. The molecule has 0 N–H and O–H groups in total. The van der Waals surface area contributed by atoms with Crippen molar-refractivity contribution in [3.8, 4) is 6.07 Å². The van der Waals surface area contributed by atoms with Crippen LogP contribution in [0.5, 0.6) is 0 Å². The van der Waals surface area contributed by atoms with Crippen LogP contribution in [0.3, 0.4) is 0 Å². The minimum Gasteiger partial charge on any atom is -0.379 e. The molecule has 0 bridgehead atoms. The summed E-state index contributed by atoms with van der Waals surface area (Å²) in [6, 6.07) is 2.58. The molecular formula is C12H20N2O. The van der Waals surface area contributed by atoms with Crippen molar-refractivity contribution < 1.29 is 4.74 Å². The summed E-state index contributed by atoms with van der Waals surface area (Å²) >= 11 is 0. The highest BCUT2D eigenvalue weighted by Gasteiger charge is 2.40. The Morgan fingerprint density at radius 2 is 1.87 bits per heavy atom. The fraction of sp³-hybridized carbons (Fsp3) is 0.917. The molecule has 0 amide bonds. The molecule has 1 aliphatic carbocycles. The van der Waals surface area contributed by atoms with E-state index in [1.54, 1.807) is 0 Å². The third-order valence-electron chi connectivity index (χ3n) is 3.93. The Bertz CT molecular complexity index is 245. The second kappa shape index (κ2) is 4.51. The van der Waals surface area contributed by atoms with Crippen molar-refractivity contribution in [1.82, 2.24) is 4.90 Å². The molecule has 84 valence electrons. The van der Waals surface area contributed by atoms with Gasteiger partial charge in [0.25, 0.3) is 0 Å². The van der Waals surface area contributed by atoms with Crippen molar-refractivity contribution in [3.63, 3.8) is 0 Å². The summed E-state index contributed by atoms with van der Waals surface area (Å²) in [5.41, 5.74) is -0.170. The lowest BCUT2D eigenvalue weighted by Crippen LogP contribution is -2.54. The Morgan fingerprint density at radius 1 is 1.27 bits per heavy atom. The highest BCUT2D eigenvalue weighted by atomic mass is 16.5. The number of hydrogen-bond acceptors (Lipinski definition) is 3. The maximum Gasteiger partial charge on any atom is 0.109 e. The Morgan fingerprint density at radius 3 is 2.40 bits per heavy atom. The van der Waals surface area contributed by atoms with E-state index in [1.807, 2.05) is 0 Å². The average molecular weight is 208 g/mol. The van der Waals surface area contributed by atoms with E-state index in [9.17, 15) is 5.26 Å². The van der Waals surface area contributed by atoms with Crippen molar-refractivity contribution in [2.75, 3.05) is 26.3 Å². The summed E-state index contributed by atoms with van der Waals surface area (Å²) in [5.74, 6) is 0.799. The van der Waals surface area contributed by atoms with Crippen LogP contribution in [0.1, 0.15) is 32.6 Å². The number of nitrogens with zero attached hydrogens (tertiary/aromatic N) is 2. The minimum absolute atomic E-state index is 0.170. The Labute approximate surface area is 92.0 Å². The van der Waals surface area contributed by atoms with Gasteiger partial charge in [-0.3, -0.25) is 4.90 Å². The third-order valence-corrected chi connectivity index (χ3v) is 3.93. The fourth-order valence-corrected chi connectivity index (χ4v) is 2.73. The zero-order chi connectivity index (χ0) is 10.7. The molecule has 3 heteroatoms. The molecule has 0 spiro atoms. The predicted molar refractivity (Wildman–Crippen MR) is 58.4 cm³/mol. The van der Waals surface area contributed by atoms with Gasteiger partial charge in [0.15, 0.2) is 0 Å². The number of rotatable bonds is 1. The van der Waals surface area contributed by atoms with E-state index in [2.05, 4.69) is 17.9 Å². The van der Waals surface area contributed by atoms with Crippen LogP contribution in [0.4, 0.5) is 0 Å². The lowest BCUT2D eigenvalue weighted by atomic mass is 9.77. The summed E-state index contributed by atoms with van der Waals surface area (Å²) in [6.07, 6.45) is 4.49. The Kier molecular flexibility index (Phi) is 3.28. The number of ether oxygens (including phenoxy) is 1. The lowest BCUT2D eigenvalue weighted by Gasteiger charge is -2.44. The van der Waals surface area contributed by atoms with Crippen LogP contribution < -0.4 is 0 Å². The molecule has 0 aromatic carbocycles. The van der Waals surface area contributed by atoms with Crippen LogP contribution in [-0.4, -0.2) is 36.7 Å². The third kappa shape index (κ3) is 2.16. The highest BCUT2D eigenvalue weighted by molar-refractivity contribution is 5.10. The van der Waals surface area contributed by atoms with E-state index in [1.165, 1.54) is 12.8 Å². The second-order valence-electron chi connectivity index (χ2n) is 4.93. The SMILES string of the molecule is CC1CCC(C#N)(N2CCOCC2)CC1. The summed E-state index contributed by atoms with van der Waals surface area (Å²) in [6.45, 7) is 5.74. The van der Waals surface area contributed by atoms with Gasteiger partial charge >= 0.3 is 0 Å². The van der Waals surface area contributed by atoms with Crippen LogP contribution in [-0.2, 0) is 4.74 Å². The lowest BCUT2D eigenvalue weighted by molar-refractivity contribution is -0.0188. The summed E-state index contributed by atoms with van der Waals surface area (Å²) in [4.78, 5) is 2.35. The smallest absolute Gasteiger partial charge is 0.109 e. The van der Waals surface area contributed by atoms with Crippen LogP contribution >= 0.6 is 0 Å². The summed E-state index contributed by atoms with van der Waals surface area (Å²) in [5, 5.41) is 9.45. The first-order chi connectivity index (χ1) is 7.27. The van der Waals surface area contributed by atoms with Crippen LogP contribution in [0, 0.1) is 17.2 Å². The van der Waals surface area contributed by atoms with Gasteiger partial charge in [0.2, 0.25) is 0 Å². The predicted octanol–water partition coefficient (Wildman–Crippen LogP) is 1.79. The number of morpholine rings is 1. The van der Waals surface area contributed by atoms with Crippen molar-refractivity contribution in [3.05, 3.63) is 0 Å². The summed E-state index contributed by atoms with van der Waals surface area (Å²) < 4.78 is 5.35. The van der Waals surface area contributed by atoms with Gasteiger partial charge in [-0.2, -0.15) is 5.26 Å². The van der Waals surface area contributed by atoms with Crippen molar-refractivity contribution >= 4 is 0 Å². The molecule has 1 saturated heterocycles.